The van der Waals surface area contributed by atoms with Gasteiger partial charge in [-0.1, -0.05) is 12.1 Å². The molecule has 29 heavy (non-hydrogen) atoms. The van der Waals surface area contributed by atoms with Crippen molar-refractivity contribution in [1.29, 1.82) is 0 Å². The Kier molecular flexibility index (Phi) is 6.83. The first-order chi connectivity index (χ1) is 13.8. The summed E-state index contributed by atoms with van der Waals surface area (Å²) in [5.41, 5.74) is 0.661. The Morgan fingerprint density at radius 1 is 1.14 bits per heavy atom. The van der Waals surface area contributed by atoms with Crippen molar-refractivity contribution >= 4 is 18.0 Å². The van der Waals surface area contributed by atoms with Crippen LogP contribution < -0.4 is 0 Å². The number of esters is 2. The van der Waals surface area contributed by atoms with E-state index < -0.39 is 55.4 Å². The number of phenols is 1. The topological polar surface area (TPSA) is 152 Å². The van der Waals surface area contributed by atoms with Gasteiger partial charge in [0.15, 0.2) is 6.29 Å². The molecule has 2 aliphatic heterocycles. The fourth-order valence-electron chi connectivity index (χ4n) is 2.90. The maximum Gasteiger partial charge on any atom is 0.330 e. The van der Waals surface area contributed by atoms with Gasteiger partial charge in [0.05, 0.1) is 6.42 Å². The van der Waals surface area contributed by atoms with Crippen LogP contribution in [0.25, 0.3) is 6.08 Å². The second-order valence-electron chi connectivity index (χ2n) is 6.71. The highest BCUT2D eigenvalue weighted by atomic mass is 16.7. The summed E-state index contributed by atoms with van der Waals surface area (Å²) < 4.78 is 20.7. The summed E-state index contributed by atoms with van der Waals surface area (Å²) in [5.74, 6) is -1.08. The molecule has 2 heterocycles. The molecule has 6 unspecified atom stereocenters. The molecule has 158 valence electrons. The van der Waals surface area contributed by atoms with Crippen molar-refractivity contribution in [3.05, 3.63) is 35.9 Å². The standard InChI is InChI=1S/C19H22O10/c20-11-4-1-10(2-5-11)3-6-14(21)27-9-13-16(23)17(24)18(25)19(29-13)28-12-7-15(22)26-8-12/h1-6,12-13,16-20,23-25H,7-9H2. The molecule has 0 bridgehead atoms. The molecular weight excluding hydrogens is 388 g/mol. The molecule has 3 rings (SSSR count). The number of ether oxygens (including phenoxy) is 4. The van der Waals surface area contributed by atoms with Crippen molar-refractivity contribution in [2.75, 3.05) is 13.2 Å². The van der Waals surface area contributed by atoms with Gasteiger partial charge in [0.1, 0.15) is 49.5 Å². The maximum absolute atomic E-state index is 11.9. The van der Waals surface area contributed by atoms with E-state index in [1.807, 2.05) is 0 Å². The smallest absolute Gasteiger partial charge is 0.330 e. The quantitative estimate of drug-likeness (QED) is 0.342. The molecule has 0 radical (unpaired) electrons. The Morgan fingerprint density at radius 2 is 1.86 bits per heavy atom. The van der Waals surface area contributed by atoms with Crippen molar-refractivity contribution in [3.63, 3.8) is 0 Å². The van der Waals surface area contributed by atoms with Crippen LogP contribution in [0.15, 0.2) is 30.3 Å². The largest absolute Gasteiger partial charge is 0.508 e. The fourth-order valence-corrected chi connectivity index (χ4v) is 2.90. The Balaban J connectivity index is 1.53. The van der Waals surface area contributed by atoms with Crippen LogP contribution in [0.3, 0.4) is 0 Å². The molecule has 2 fully saturated rings. The first-order valence-corrected chi connectivity index (χ1v) is 8.98. The number of cyclic esters (lactones) is 1. The van der Waals surface area contributed by atoms with E-state index in [1.165, 1.54) is 18.2 Å². The molecule has 2 aliphatic rings. The minimum Gasteiger partial charge on any atom is -0.508 e. The minimum atomic E-state index is -1.59. The first kappa shape index (κ1) is 21.2. The molecule has 0 aromatic heterocycles. The number of aromatic hydroxyl groups is 1. The number of rotatable bonds is 6. The number of phenolic OH excluding ortho intramolecular Hbond substituents is 1. The van der Waals surface area contributed by atoms with E-state index in [-0.39, 0.29) is 18.8 Å². The SMILES string of the molecule is O=C(C=Cc1ccc(O)cc1)OCC1OC(OC2COC(=O)C2)C(O)C(O)C1O. The molecule has 0 aliphatic carbocycles. The third-order valence-corrected chi connectivity index (χ3v) is 4.51. The lowest BCUT2D eigenvalue weighted by Crippen LogP contribution is -2.60. The average molecular weight is 410 g/mol. The molecule has 0 spiro atoms. The van der Waals surface area contributed by atoms with Gasteiger partial charge in [0.2, 0.25) is 0 Å². The number of aliphatic hydroxyl groups is 3. The highest BCUT2D eigenvalue weighted by Crippen LogP contribution is 2.25. The highest BCUT2D eigenvalue weighted by Gasteiger charge is 2.46. The van der Waals surface area contributed by atoms with Gasteiger partial charge in [-0.15, -0.1) is 0 Å². The first-order valence-electron chi connectivity index (χ1n) is 8.98. The average Bonchev–Trinajstić information content (AvgIpc) is 3.11. The Bertz CT molecular complexity index is 746. The van der Waals surface area contributed by atoms with Gasteiger partial charge in [-0.2, -0.15) is 0 Å². The molecule has 10 heteroatoms. The second kappa shape index (κ2) is 9.33. The van der Waals surface area contributed by atoms with Gasteiger partial charge in [0.25, 0.3) is 0 Å². The van der Waals surface area contributed by atoms with Gasteiger partial charge in [-0.3, -0.25) is 4.79 Å². The Hall–Kier alpha value is -2.50. The lowest BCUT2D eigenvalue weighted by atomic mass is 9.99. The molecule has 1 aromatic carbocycles. The van der Waals surface area contributed by atoms with Crippen LogP contribution >= 0.6 is 0 Å². The summed E-state index contributed by atoms with van der Waals surface area (Å²) in [6, 6.07) is 6.13. The molecule has 2 saturated heterocycles. The molecule has 10 nitrogen and oxygen atoms in total. The van der Waals surface area contributed by atoms with Crippen LogP contribution in [-0.2, 0) is 28.5 Å². The summed E-state index contributed by atoms with van der Waals surface area (Å²) >= 11 is 0. The van der Waals surface area contributed by atoms with Crippen LogP contribution in [0, 0.1) is 0 Å². The molecule has 4 N–H and O–H groups in total. The maximum atomic E-state index is 11.9. The van der Waals surface area contributed by atoms with Crippen molar-refractivity contribution in [1.82, 2.24) is 0 Å². The summed E-state index contributed by atoms with van der Waals surface area (Å²) in [6.45, 7) is -0.407. The van der Waals surface area contributed by atoms with E-state index in [0.29, 0.717) is 5.56 Å². The second-order valence-corrected chi connectivity index (χ2v) is 6.71. The van der Waals surface area contributed by atoms with Crippen molar-refractivity contribution in [2.45, 2.75) is 43.2 Å². The van der Waals surface area contributed by atoms with Gasteiger partial charge in [-0.25, -0.2) is 4.79 Å². The summed E-state index contributed by atoms with van der Waals surface area (Å²) in [6.07, 6.45) is -5.19. The highest BCUT2D eigenvalue weighted by molar-refractivity contribution is 5.87. The summed E-state index contributed by atoms with van der Waals surface area (Å²) in [5, 5.41) is 39.4. The Labute approximate surface area is 165 Å². The molecular formula is C19H22O10. The van der Waals surface area contributed by atoms with Gasteiger partial charge < -0.3 is 39.4 Å². The van der Waals surface area contributed by atoms with E-state index in [0.717, 1.165) is 6.08 Å². The van der Waals surface area contributed by atoms with E-state index >= 15 is 0 Å². The third kappa shape index (κ3) is 5.52. The zero-order valence-corrected chi connectivity index (χ0v) is 15.3. The van der Waals surface area contributed by atoms with Crippen molar-refractivity contribution < 1.29 is 49.0 Å². The zero-order valence-electron chi connectivity index (χ0n) is 15.3. The van der Waals surface area contributed by atoms with Crippen LogP contribution in [0.5, 0.6) is 5.75 Å². The number of benzene rings is 1. The number of hydrogen-bond acceptors (Lipinski definition) is 10. The minimum absolute atomic E-state index is 0.00816. The molecule has 0 amide bonds. The summed E-state index contributed by atoms with van der Waals surface area (Å²) in [7, 11) is 0. The van der Waals surface area contributed by atoms with Gasteiger partial charge in [0, 0.05) is 6.08 Å². The lowest BCUT2D eigenvalue weighted by molar-refractivity contribution is -0.311. The van der Waals surface area contributed by atoms with E-state index in [2.05, 4.69) is 0 Å². The van der Waals surface area contributed by atoms with E-state index in [1.54, 1.807) is 12.1 Å². The van der Waals surface area contributed by atoms with E-state index in [9.17, 15) is 30.0 Å². The predicted molar refractivity (Wildman–Crippen MR) is 95.2 cm³/mol. The monoisotopic (exact) mass is 410 g/mol. The van der Waals surface area contributed by atoms with Crippen LogP contribution in [0.2, 0.25) is 0 Å². The zero-order chi connectivity index (χ0) is 21.0. The predicted octanol–water partition coefficient (Wildman–Crippen LogP) is -0.912. The molecule has 1 aromatic rings. The third-order valence-electron chi connectivity index (χ3n) is 4.51. The number of carbonyl (C=O) groups is 2. The Morgan fingerprint density at radius 3 is 2.52 bits per heavy atom. The molecule has 0 saturated carbocycles. The summed E-state index contributed by atoms with van der Waals surface area (Å²) in [4.78, 5) is 23.0. The van der Waals surface area contributed by atoms with Crippen molar-refractivity contribution in [2.24, 2.45) is 0 Å². The number of hydrogen-bond donors (Lipinski definition) is 4. The van der Waals surface area contributed by atoms with Crippen molar-refractivity contribution in [3.8, 4) is 5.75 Å². The lowest BCUT2D eigenvalue weighted by Gasteiger charge is -2.40. The number of aliphatic hydroxyl groups excluding tert-OH is 3. The van der Waals surface area contributed by atoms with Crippen LogP contribution in [0.4, 0.5) is 0 Å². The van der Waals surface area contributed by atoms with Crippen LogP contribution in [0.1, 0.15) is 12.0 Å². The normalized spacial score (nSPS) is 32.3. The fraction of sp³-hybridized carbons (Fsp3) is 0.474. The molecule has 6 atom stereocenters. The van der Waals surface area contributed by atoms with E-state index in [4.69, 9.17) is 18.9 Å². The number of carbonyl (C=O) groups excluding carboxylic acids is 2. The van der Waals surface area contributed by atoms with Gasteiger partial charge >= 0.3 is 11.9 Å². The van der Waals surface area contributed by atoms with Gasteiger partial charge in [-0.05, 0) is 23.8 Å². The van der Waals surface area contributed by atoms with Crippen LogP contribution in [-0.4, -0.2) is 82.4 Å².